The van der Waals surface area contributed by atoms with Crippen molar-refractivity contribution in [1.82, 2.24) is 4.98 Å². The van der Waals surface area contributed by atoms with Crippen LogP contribution in [0.1, 0.15) is 41.7 Å². The highest BCUT2D eigenvalue weighted by Crippen LogP contribution is 2.55. The molecule has 6 aromatic rings. The van der Waals surface area contributed by atoms with Crippen LogP contribution in [0.3, 0.4) is 0 Å². The van der Waals surface area contributed by atoms with Crippen molar-refractivity contribution in [2.24, 2.45) is 0 Å². The van der Waals surface area contributed by atoms with Gasteiger partial charge in [-0.2, -0.15) is 0 Å². The molecule has 1 aromatic heterocycles. The molecular formula is C47H40N2S. The number of pyridine rings is 1. The summed E-state index contributed by atoms with van der Waals surface area (Å²) in [5.41, 5.74) is 15.3. The summed E-state index contributed by atoms with van der Waals surface area (Å²) in [7, 11) is 0. The maximum absolute atomic E-state index is 5.36. The highest BCUT2D eigenvalue weighted by atomic mass is 32.2. The number of hydrogen-bond acceptors (Lipinski definition) is 3. The van der Waals surface area contributed by atoms with Gasteiger partial charge in [-0.05, 0) is 107 Å². The molecule has 0 fully saturated rings. The van der Waals surface area contributed by atoms with Crippen LogP contribution >= 0.6 is 11.8 Å². The van der Waals surface area contributed by atoms with Crippen molar-refractivity contribution in [2.75, 3.05) is 4.90 Å². The second-order valence-corrected chi connectivity index (χ2v) is 14.9. The van der Waals surface area contributed by atoms with E-state index in [9.17, 15) is 0 Å². The third-order valence-electron chi connectivity index (χ3n) is 10.1. The summed E-state index contributed by atoms with van der Waals surface area (Å²) >= 11 is 1.90. The molecule has 0 unspecified atom stereocenters. The first kappa shape index (κ1) is 31.9. The molecule has 2 nitrogen and oxygen atoms in total. The maximum atomic E-state index is 5.36. The number of benzene rings is 5. The van der Waals surface area contributed by atoms with Crippen molar-refractivity contribution in [3.8, 4) is 33.5 Å². The maximum Gasteiger partial charge on any atom is 0.138 e. The molecular weight excluding hydrogens is 625 g/mol. The van der Waals surface area contributed by atoms with E-state index in [1.165, 1.54) is 48.7 Å². The van der Waals surface area contributed by atoms with E-state index >= 15 is 0 Å². The van der Waals surface area contributed by atoms with E-state index in [-0.39, 0.29) is 5.41 Å². The van der Waals surface area contributed by atoms with E-state index in [2.05, 4.69) is 185 Å². The van der Waals surface area contributed by atoms with Gasteiger partial charge in [0.2, 0.25) is 0 Å². The number of anilines is 2. The van der Waals surface area contributed by atoms with E-state index < -0.39 is 0 Å². The van der Waals surface area contributed by atoms with E-state index in [1.54, 1.807) is 0 Å². The number of nitrogens with zero attached hydrogens (tertiary/aromatic N) is 2. The van der Waals surface area contributed by atoms with Crippen LogP contribution in [-0.2, 0) is 11.8 Å². The molecule has 244 valence electrons. The Kier molecular flexibility index (Phi) is 8.17. The summed E-state index contributed by atoms with van der Waals surface area (Å²) in [6.07, 6.45) is 9.36. The van der Waals surface area contributed by atoms with Crippen LogP contribution in [0.25, 0.3) is 33.5 Å². The zero-order valence-electron chi connectivity index (χ0n) is 29.1. The predicted octanol–water partition coefficient (Wildman–Crippen LogP) is 12.8. The number of allylic oxidation sites excluding steroid dienone is 4. The fourth-order valence-electron chi connectivity index (χ4n) is 7.45. The fourth-order valence-corrected chi connectivity index (χ4v) is 8.74. The smallest absolute Gasteiger partial charge is 0.138 e. The number of hydrogen-bond donors (Lipinski definition) is 0. The minimum atomic E-state index is -0.220. The lowest BCUT2D eigenvalue weighted by molar-refractivity contribution is 0.645. The van der Waals surface area contributed by atoms with Crippen LogP contribution in [0.5, 0.6) is 0 Å². The normalized spacial score (nSPS) is 15.7. The van der Waals surface area contributed by atoms with E-state index in [0.717, 1.165) is 46.0 Å². The molecule has 2 heterocycles. The molecule has 1 aliphatic carbocycles. The number of aromatic nitrogens is 1. The minimum absolute atomic E-state index is 0.220. The second-order valence-electron chi connectivity index (χ2n) is 13.8. The van der Waals surface area contributed by atoms with Crippen molar-refractivity contribution in [1.29, 1.82) is 0 Å². The van der Waals surface area contributed by atoms with E-state index in [4.69, 9.17) is 4.98 Å². The lowest BCUT2D eigenvalue weighted by Crippen LogP contribution is -2.21. The molecule has 0 saturated carbocycles. The van der Waals surface area contributed by atoms with Crippen LogP contribution < -0.4 is 4.90 Å². The first-order chi connectivity index (χ1) is 24.3. The van der Waals surface area contributed by atoms with Crippen LogP contribution in [-0.4, -0.2) is 4.98 Å². The third kappa shape index (κ3) is 5.62. The van der Waals surface area contributed by atoms with Crippen molar-refractivity contribution in [3.63, 3.8) is 0 Å². The molecule has 0 atom stereocenters. The number of rotatable bonds is 5. The fraction of sp³-hybridized carbons (Fsp3) is 0.128. The van der Waals surface area contributed by atoms with Crippen molar-refractivity contribution in [2.45, 2.75) is 49.3 Å². The zero-order valence-corrected chi connectivity index (χ0v) is 29.9. The van der Waals surface area contributed by atoms with Crippen molar-refractivity contribution >= 4 is 23.3 Å². The summed E-state index contributed by atoms with van der Waals surface area (Å²) in [5, 5.41) is 0. The van der Waals surface area contributed by atoms with Gasteiger partial charge < -0.3 is 0 Å². The van der Waals surface area contributed by atoms with Gasteiger partial charge in [-0.15, -0.1) is 0 Å². The average molecular weight is 665 g/mol. The van der Waals surface area contributed by atoms with Gasteiger partial charge in [0.1, 0.15) is 5.82 Å². The lowest BCUT2D eigenvalue weighted by Gasteiger charge is -2.30. The van der Waals surface area contributed by atoms with Gasteiger partial charge in [0.15, 0.2) is 0 Å². The Morgan fingerprint density at radius 2 is 1.42 bits per heavy atom. The van der Waals surface area contributed by atoms with Gasteiger partial charge in [-0.3, -0.25) is 4.90 Å². The Bertz CT molecular complexity index is 2270. The van der Waals surface area contributed by atoms with Crippen LogP contribution in [0, 0.1) is 13.8 Å². The summed E-state index contributed by atoms with van der Waals surface area (Å²) in [6.45, 7) is 13.9. The highest BCUT2D eigenvalue weighted by Gasteiger charge is 2.39. The van der Waals surface area contributed by atoms with E-state index in [0.29, 0.717) is 0 Å². The largest absolute Gasteiger partial charge is 0.295 e. The third-order valence-corrected chi connectivity index (χ3v) is 11.5. The monoisotopic (exact) mass is 664 g/mol. The number of fused-ring (bicyclic) bond motifs is 4. The van der Waals surface area contributed by atoms with Crippen LogP contribution in [0.15, 0.2) is 168 Å². The molecule has 0 saturated heterocycles. The molecule has 50 heavy (non-hydrogen) atoms. The first-order valence-corrected chi connectivity index (χ1v) is 18.1. The molecule has 0 radical (unpaired) electrons. The lowest BCUT2D eigenvalue weighted by atomic mass is 9.81. The molecule has 0 bridgehead atoms. The first-order valence-electron chi connectivity index (χ1n) is 17.3. The molecule has 0 spiro atoms. The highest BCUT2D eigenvalue weighted by molar-refractivity contribution is 7.99. The van der Waals surface area contributed by atoms with Gasteiger partial charge in [-0.25, -0.2) is 4.98 Å². The molecule has 5 aromatic carbocycles. The van der Waals surface area contributed by atoms with Crippen molar-refractivity contribution < 1.29 is 0 Å². The quantitative estimate of drug-likeness (QED) is 0.182. The van der Waals surface area contributed by atoms with Crippen LogP contribution in [0.2, 0.25) is 0 Å². The summed E-state index contributed by atoms with van der Waals surface area (Å²) < 4.78 is 0. The summed E-state index contributed by atoms with van der Waals surface area (Å²) in [6, 6.07) is 43.7. The minimum Gasteiger partial charge on any atom is -0.295 e. The van der Waals surface area contributed by atoms with Gasteiger partial charge in [0, 0.05) is 26.5 Å². The molecule has 8 rings (SSSR count). The molecule has 0 amide bonds. The Morgan fingerprint density at radius 3 is 2.18 bits per heavy atom. The SMILES string of the molecule is C=C1/C=C\C=C/Cc2cc3c(cc2N1c1cc(-c2ccccc2)cc(-c2ccccc2)n1)C(C)(C)c1c-3ccc(C)c1Sc1ccccc1C. The molecule has 0 N–H and O–H groups in total. The predicted molar refractivity (Wildman–Crippen MR) is 212 cm³/mol. The molecule has 1 aliphatic heterocycles. The summed E-state index contributed by atoms with van der Waals surface area (Å²) in [4.78, 5) is 10.3. The van der Waals surface area contributed by atoms with Crippen LogP contribution in [0.4, 0.5) is 11.5 Å². The Hall–Kier alpha value is -5.38. The Morgan fingerprint density at radius 1 is 0.700 bits per heavy atom. The topological polar surface area (TPSA) is 16.1 Å². The molecule has 2 aliphatic rings. The van der Waals surface area contributed by atoms with E-state index in [1.807, 2.05) is 11.8 Å². The van der Waals surface area contributed by atoms with Crippen molar-refractivity contribution in [3.05, 3.63) is 186 Å². The molecule has 3 heteroatoms. The second kappa shape index (κ2) is 12.8. The van der Waals surface area contributed by atoms with Gasteiger partial charge >= 0.3 is 0 Å². The zero-order chi connectivity index (χ0) is 34.4. The van der Waals surface area contributed by atoms with Gasteiger partial charge in [-0.1, -0.05) is 141 Å². The summed E-state index contributed by atoms with van der Waals surface area (Å²) in [5.74, 6) is 0.850. The van der Waals surface area contributed by atoms with Gasteiger partial charge in [0.05, 0.1) is 11.4 Å². The standard InChI is InChI=1S/C47H40N2S/c1-31-17-15-16-24-43(31)50-46-32(2)25-26-38-39-27-36-23-14-6-9-18-33(3)49(42(36)30-40(39)47(4,5)45(38)46)44-29-37(34-19-10-7-11-20-34)28-41(48-44)35-21-12-8-13-22-35/h6-22,24-30H,3,23H2,1-2,4-5H3/b14-6-,18-9-. The number of aryl methyl sites for hydroxylation is 2. The Balaban J connectivity index is 1.33. The Labute approximate surface area is 300 Å². The average Bonchev–Trinajstić information content (AvgIpc) is 3.39. The van der Waals surface area contributed by atoms with Gasteiger partial charge in [0.25, 0.3) is 0 Å².